The zero-order valence-electron chi connectivity index (χ0n) is 11.8. The Balaban J connectivity index is 2.05. The van der Waals surface area contributed by atoms with Crippen molar-refractivity contribution in [2.45, 2.75) is 19.9 Å². The maximum absolute atomic E-state index is 11.9. The molecule has 0 spiro atoms. The predicted octanol–water partition coefficient (Wildman–Crippen LogP) is 1.03. The molecule has 0 fully saturated rings. The third-order valence-corrected chi connectivity index (χ3v) is 2.55. The molecule has 5 N–H and O–H groups in total. The van der Waals surface area contributed by atoms with E-state index in [4.69, 9.17) is 5.73 Å². The SMILES string of the molecule is CC(C)Nc1ncnc(NNC(=O)c2ccncc2)c1N. The Labute approximate surface area is 122 Å². The van der Waals surface area contributed by atoms with E-state index in [0.717, 1.165) is 0 Å². The van der Waals surface area contributed by atoms with E-state index in [2.05, 4.69) is 31.1 Å². The number of hydrazine groups is 1. The Kier molecular flexibility index (Phi) is 4.50. The fraction of sp³-hybridized carbons (Fsp3) is 0.231. The van der Waals surface area contributed by atoms with Crippen molar-refractivity contribution in [3.05, 3.63) is 36.4 Å². The van der Waals surface area contributed by atoms with Gasteiger partial charge in [-0.2, -0.15) is 0 Å². The summed E-state index contributed by atoms with van der Waals surface area (Å²) in [6.45, 7) is 3.94. The van der Waals surface area contributed by atoms with E-state index in [9.17, 15) is 4.79 Å². The van der Waals surface area contributed by atoms with Gasteiger partial charge in [0, 0.05) is 24.0 Å². The molecule has 2 aromatic rings. The van der Waals surface area contributed by atoms with Gasteiger partial charge in [-0.15, -0.1) is 0 Å². The van der Waals surface area contributed by atoms with Gasteiger partial charge in [0.25, 0.3) is 5.91 Å². The summed E-state index contributed by atoms with van der Waals surface area (Å²) in [6.07, 6.45) is 4.44. The monoisotopic (exact) mass is 287 g/mol. The Morgan fingerprint density at radius 1 is 1.19 bits per heavy atom. The number of carbonyl (C=O) groups excluding carboxylic acids is 1. The minimum Gasteiger partial charge on any atom is -0.393 e. The van der Waals surface area contributed by atoms with E-state index >= 15 is 0 Å². The highest BCUT2D eigenvalue weighted by Gasteiger charge is 2.10. The first-order valence-corrected chi connectivity index (χ1v) is 6.41. The number of nitrogens with one attached hydrogen (secondary N) is 3. The second kappa shape index (κ2) is 6.51. The first-order chi connectivity index (χ1) is 10.1. The molecule has 0 aliphatic heterocycles. The molecule has 2 aromatic heterocycles. The zero-order valence-corrected chi connectivity index (χ0v) is 11.8. The highest BCUT2D eigenvalue weighted by Crippen LogP contribution is 2.22. The first-order valence-electron chi connectivity index (χ1n) is 6.41. The van der Waals surface area contributed by atoms with Crippen molar-refractivity contribution in [1.29, 1.82) is 0 Å². The van der Waals surface area contributed by atoms with E-state index in [1.807, 2.05) is 13.8 Å². The number of pyridine rings is 1. The van der Waals surface area contributed by atoms with Crippen LogP contribution in [0.2, 0.25) is 0 Å². The van der Waals surface area contributed by atoms with Crippen molar-refractivity contribution in [2.75, 3.05) is 16.5 Å². The molecule has 110 valence electrons. The summed E-state index contributed by atoms with van der Waals surface area (Å²) < 4.78 is 0. The van der Waals surface area contributed by atoms with Crippen LogP contribution in [0.3, 0.4) is 0 Å². The van der Waals surface area contributed by atoms with Gasteiger partial charge in [0.05, 0.1) is 0 Å². The van der Waals surface area contributed by atoms with Crippen molar-refractivity contribution < 1.29 is 4.79 Å². The van der Waals surface area contributed by atoms with Crippen LogP contribution in [0, 0.1) is 0 Å². The first kappa shape index (κ1) is 14.5. The van der Waals surface area contributed by atoms with E-state index < -0.39 is 0 Å². The van der Waals surface area contributed by atoms with E-state index in [0.29, 0.717) is 22.9 Å². The maximum atomic E-state index is 11.9. The lowest BCUT2D eigenvalue weighted by Gasteiger charge is -2.14. The Morgan fingerprint density at radius 3 is 2.52 bits per heavy atom. The van der Waals surface area contributed by atoms with Crippen LogP contribution in [0.15, 0.2) is 30.9 Å². The largest absolute Gasteiger partial charge is 0.393 e. The minimum absolute atomic E-state index is 0.182. The van der Waals surface area contributed by atoms with Crippen molar-refractivity contribution in [2.24, 2.45) is 0 Å². The smallest absolute Gasteiger partial charge is 0.269 e. The maximum Gasteiger partial charge on any atom is 0.269 e. The van der Waals surface area contributed by atoms with Crippen molar-refractivity contribution in [1.82, 2.24) is 20.4 Å². The van der Waals surface area contributed by atoms with Crippen LogP contribution in [0.25, 0.3) is 0 Å². The highest BCUT2D eigenvalue weighted by molar-refractivity contribution is 5.95. The van der Waals surface area contributed by atoms with Crippen LogP contribution in [-0.2, 0) is 0 Å². The van der Waals surface area contributed by atoms with Gasteiger partial charge in [0.15, 0.2) is 11.6 Å². The molecule has 2 rings (SSSR count). The topological polar surface area (TPSA) is 118 Å². The minimum atomic E-state index is -0.311. The molecule has 0 saturated heterocycles. The number of rotatable bonds is 5. The molecule has 0 aliphatic carbocycles. The molecule has 0 bridgehead atoms. The van der Waals surface area contributed by atoms with Gasteiger partial charge in [-0.25, -0.2) is 9.97 Å². The normalized spacial score (nSPS) is 10.2. The van der Waals surface area contributed by atoms with Gasteiger partial charge < -0.3 is 11.1 Å². The average Bonchev–Trinajstić information content (AvgIpc) is 2.48. The second-order valence-electron chi connectivity index (χ2n) is 4.60. The van der Waals surface area contributed by atoms with Crippen LogP contribution in [-0.4, -0.2) is 26.9 Å². The van der Waals surface area contributed by atoms with Crippen LogP contribution in [0.5, 0.6) is 0 Å². The van der Waals surface area contributed by atoms with Crippen LogP contribution < -0.4 is 21.9 Å². The molecule has 0 aliphatic rings. The average molecular weight is 287 g/mol. The van der Waals surface area contributed by atoms with Gasteiger partial charge in [-0.1, -0.05) is 0 Å². The number of nitrogens with two attached hydrogens (primary N) is 1. The molecule has 8 heteroatoms. The molecule has 0 saturated carbocycles. The molecule has 0 aromatic carbocycles. The lowest BCUT2D eigenvalue weighted by Crippen LogP contribution is -2.30. The van der Waals surface area contributed by atoms with Gasteiger partial charge in [-0.3, -0.25) is 20.6 Å². The summed E-state index contributed by atoms with van der Waals surface area (Å²) in [5.74, 6) is 0.532. The molecule has 0 atom stereocenters. The second-order valence-corrected chi connectivity index (χ2v) is 4.60. The number of aromatic nitrogens is 3. The van der Waals surface area contributed by atoms with Crippen molar-refractivity contribution in [3.8, 4) is 0 Å². The summed E-state index contributed by atoms with van der Waals surface area (Å²) in [6, 6.07) is 3.39. The quantitative estimate of drug-likeness (QED) is 0.606. The summed E-state index contributed by atoms with van der Waals surface area (Å²) in [5, 5.41) is 3.10. The molecule has 2 heterocycles. The summed E-state index contributed by atoms with van der Waals surface area (Å²) >= 11 is 0. The van der Waals surface area contributed by atoms with Crippen molar-refractivity contribution >= 4 is 23.2 Å². The lowest BCUT2D eigenvalue weighted by molar-refractivity contribution is 0.0962. The molecule has 0 radical (unpaired) electrons. The number of hydrogen-bond donors (Lipinski definition) is 4. The Morgan fingerprint density at radius 2 is 1.86 bits per heavy atom. The predicted molar refractivity (Wildman–Crippen MR) is 80.5 cm³/mol. The van der Waals surface area contributed by atoms with E-state index in [1.165, 1.54) is 6.33 Å². The van der Waals surface area contributed by atoms with Crippen LogP contribution in [0.1, 0.15) is 24.2 Å². The number of amides is 1. The molecular weight excluding hydrogens is 270 g/mol. The number of anilines is 3. The Bertz CT molecular complexity index is 615. The van der Waals surface area contributed by atoms with E-state index in [-0.39, 0.29) is 11.9 Å². The summed E-state index contributed by atoms with van der Waals surface area (Å²) in [7, 11) is 0. The van der Waals surface area contributed by atoms with Crippen LogP contribution >= 0.6 is 0 Å². The fourth-order valence-corrected chi connectivity index (χ4v) is 1.58. The lowest BCUT2D eigenvalue weighted by atomic mass is 10.3. The zero-order chi connectivity index (χ0) is 15.2. The standard InChI is InChI=1S/C13H17N7O/c1-8(2)18-11-10(14)12(17-7-16-11)19-20-13(21)9-3-5-15-6-4-9/h3-8H,14H2,1-2H3,(H,20,21)(H2,16,17,18,19). The third kappa shape index (κ3) is 3.78. The fourth-order valence-electron chi connectivity index (χ4n) is 1.58. The van der Waals surface area contributed by atoms with Gasteiger partial charge in [0.1, 0.15) is 12.0 Å². The molecule has 8 nitrogen and oxygen atoms in total. The van der Waals surface area contributed by atoms with Gasteiger partial charge in [0.2, 0.25) is 0 Å². The summed E-state index contributed by atoms with van der Waals surface area (Å²) in [4.78, 5) is 23.8. The molecular formula is C13H17N7O. The number of nitrogen functional groups attached to an aromatic ring is 1. The molecule has 1 amide bonds. The highest BCUT2D eigenvalue weighted by atomic mass is 16.2. The number of hydrogen-bond acceptors (Lipinski definition) is 7. The Hall–Kier alpha value is -2.90. The molecule has 0 unspecified atom stereocenters. The summed E-state index contributed by atoms with van der Waals surface area (Å²) in [5.41, 5.74) is 12.0. The van der Waals surface area contributed by atoms with Crippen molar-refractivity contribution in [3.63, 3.8) is 0 Å². The van der Waals surface area contributed by atoms with Gasteiger partial charge >= 0.3 is 0 Å². The van der Waals surface area contributed by atoms with E-state index in [1.54, 1.807) is 24.5 Å². The molecule has 21 heavy (non-hydrogen) atoms. The van der Waals surface area contributed by atoms with Gasteiger partial charge in [-0.05, 0) is 26.0 Å². The van der Waals surface area contributed by atoms with Crippen LogP contribution in [0.4, 0.5) is 17.3 Å². The number of carbonyl (C=O) groups is 1. The third-order valence-electron chi connectivity index (χ3n) is 2.55. The number of nitrogens with zero attached hydrogens (tertiary/aromatic N) is 3.